The van der Waals surface area contributed by atoms with Gasteiger partial charge in [0.25, 0.3) is 0 Å². The Bertz CT molecular complexity index is 772. The fourth-order valence-electron chi connectivity index (χ4n) is 2.90. The molecule has 130 valence electrons. The zero-order chi connectivity index (χ0) is 17.9. The van der Waals surface area contributed by atoms with E-state index in [1.54, 1.807) is 6.92 Å². The molecule has 1 aliphatic carbocycles. The van der Waals surface area contributed by atoms with Gasteiger partial charge in [0.2, 0.25) is 11.8 Å². The highest BCUT2D eigenvalue weighted by molar-refractivity contribution is 9.10. The lowest BCUT2D eigenvalue weighted by molar-refractivity contribution is -0.130. The summed E-state index contributed by atoms with van der Waals surface area (Å²) in [4.78, 5) is 25.0. The Kier molecular flexibility index (Phi) is 5.23. The highest BCUT2D eigenvalue weighted by atomic mass is 79.9. The Balaban J connectivity index is 1.58. The van der Waals surface area contributed by atoms with Crippen molar-refractivity contribution in [3.8, 4) is 0 Å². The minimum atomic E-state index is -0.569. The van der Waals surface area contributed by atoms with Crippen LogP contribution in [0.1, 0.15) is 30.9 Å². The van der Waals surface area contributed by atoms with Crippen molar-refractivity contribution in [2.24, 2.45) is 0 Å². The SMILES string of the molecule is CC(NC(=O)C1(c2cccc(Br)c2)CC1)C(=O)NCc1ccccc1. The lowest BCUT2D eigenvalue weighted by Crippen LogP contribution is -2.48. The van der Waals surface area contributed by atoms with Crippen LogP contribution in [-0.2, 0) is 21.5 Å². The minimum Gasteiger partial charge on any atom is -0.350 e. The van der Waals surface area contributed by atoms with Crippen molar-refractivity contribution in [1.82, 2.24) is 10.6 Å². The van der Waals surface area contributed by atoms with Crippen molar-refractivity contribution in [2.45, 2.75) is 37.8 Å². The molecule has 2 amide bonds. The second-order valence-corrected chi connectivity index (χ2v) is 7.41. The highest BCUT2D eigenvalue weighted by Gasteiger charge is 2.51. The predicted molar refractivity (Wildman–Crippen MR) is 101 cm³/mol. The first-order valence-electron chi connectivity index (χ1n) is 8.40. The van der Waals surface area contributed by atoms with Crippen molar-refractivity contribution in [2.75, 3.05) is 0 Å². The van der Waals surface area contributed by atoms with Gasteiger partial charge in [-0.2, -0.15) is 0 Å². The van der Waals surface area contributed by atoms with Gasteiger partial charge in [-0.15, -0.1) is 0 Å². The number of carbonyl (C=O) groups is 2. The maximum absolute atomic E-state index is 12.7. The molecular weight excluding hydrogens is 380 g/mol. The molecule has 1 aliphatic rings. The Morgan fingerprint density at radius 1 is 1.12 bits per heavy atom. The molecule has 1 unspecified atom stereocenters. The monoisotopic (exact) mass is 400 g/mol. The molecule has 1 saturated carbocycles. The lowest BCUT2D eigenvalue weighted by atomic mass is 9.94. The number of hydrogen-bond donors (Lipinski definition) is 2. The summed E-state index contributed by atoms with van der Waals surface area (Å²) in [5.41, 5.74) is 1.54. The number of hydrogen-bond acceptors (Lipinski definition) is 2. The van der Waals surface area contributed by atoms with Crippen LogP contribution in [0.15, 0.2) is 59.1 Å². The third kappa shape index (κ3) is 4.10. The molecule has 0 bridgehead atoms. The van der Waals surface area contributed by atoms with Gasteiger partial charge in [0, 0.05) is 11.0 Å². The summed E-state index contributed by atoms with van der Waals surface area (Å²) in [5.74, 6) is -0.254. The van der Waals surface area contributed by atoms with Gasteiger partial charge in [-0.05, 0) is 43.0 Å². The molecule has 2 aromatic carbocycles. The molecule has 4 nitrogen and oxygen atoms in total. The second kappa shape index (κ2) is 7.40. The summed E-state index contributed by atoms with van der Waals surface area (Å²) < 4.78 is 0.956. The van der Waals surface area contributed by atoms with Crippen molar-refractivity contribution < 1.29 is 9.59 Å². The maximum Gasteiger partial charge on any atom is 0.242 e. The second-order valence-electron chi connectivity index (χ2n) is 6.49. The van der Waals surface area contributed by atoms with Crippen molar-refractivity contribution in [3.63, 3.8) is 0 Å². The Labute approximate surface area is 156 Å². The van der Waals surface area contributed by atoms with Crippen LogP contribution >= 0.6 is 15.9 Å². The zero-order valence-corrected chi connectivity index (χ0v) is 15.7. The fraction of sp³-hybridized carbons (Fsp3) is 0.300. The van der Waals surface area contributed by atoms with E-state index in [-0.39, 0.29) is 11.8 Å². The maximum atomic E-state index is 12.7. The molecule has 3 rings (SSSR count). The smallest absolute Gasteiger partial charge is 0.242 e. The van der Waals surface area contributed by atoms with E-state index in [9.17, 15) is 9.59 Å². The third-order valence-electron chi connectivity index (χ3n) is 4.61. The minimum absolute atomic E-state index is 0.0760. The number of nitrogens with one attached hydrogen (secondary N) is 2. The molecule has 1 atom stereocenters. The van der Waals surface area contributed by atoms with E-state index in [2.05, 4.69) is 26.6 Å². The highest BCUT2D eigenvalue weighted by Crippen LogP contribution is 2.48. The van der Waals surface area contributed by atoms with E-state index < -0.39 is 11.5 Å². The van der Waals surface area contributed by atoms with Gasteiger partial charge < -0.3 is 10.6 Å². The molecule has 0 radical (unpaired) electrons. The first-order chi connectivity index (χ1) is 12.0. The predicted octanol–water partition coefficient (Wildman–Crippen LogP) is 3.30. The summed E-state index contributed by atoms with van der Waals surface area (Å²) in [6.07, 6.45) is 1.63. The average molecular weight is 401 g/mol. The average Bonchev–Trinajstić information content (AvgIpc) is 3.42. The van der Waals surface area contributed by atoms with E-state index in [4.69, 9.17) is 0 Å². The van der Waals surface area contributed by atoms with Gasteiger partial charge >= 0.3 is 0 Å². The van der Waals surface area contributed by atoms with Crippen LogP contribution < -0.4 is 10.6 Å². The van der Waals surface area contributed by atoms with Crippen LogP contribution in [-0.4, -0.2) is 17.9 Å². The first kappa shape index (κ1) is 17.7. The number of benzene rings is 2. The molecule has 1 fully saturated rings. The number of amides is 2. The van der Waals surface area contributed by atoms with Crippen LogP contribution in [0.4, 0.5) is 0 Å². The normalized spacial score (nSPS) is 15.9. The van der Waals surface area contributed by atoms with Crippen LogP contribution in [0.2, 0.25) is 0 Å². The quantitative estimate of drug-likeness (QED) is 0.781. The van der Waals surface area contributed by atoms with Crippen LogP contribution in [0.25, 0.3) is 0 Å². The summed E-state index contributed by atoms with van der Waals surface area (Å²) >= 11 is 3.45. The molecule has 0 aromatic heterocycles. The van der Waals surface area contributed by atoms with Crippen LogP contribution in [0, 0.1) is 0 Å². The summed E-state index contributed by atoms with van der Waals surface area (Å²) in [6.45, 7) is 2.17. The van der Waals surface area contributed by atoms with Gasteiger partial charge in [0.1, 0.15) is 6.04 Å². The molecule has 0 spiro atoms. The number of rotatable bonds is 6. The number of carbonyl (C=O) groups excluding carboxylic acids is 2. The fourth-order valence-corrected chi connectivity index (χ4v) is 3.30. The van der Waals surface area contributed by atoms with E-state index in [1.807, 2.05) is 54.6 Å². The third-order valence-corrected chi connectivity index (χ3v) is 5.11. The molecule has 25 heavy (non-hydrogen) atoms. The molecule has 2 aromatic rings. The number of halogens is 1. The van der Waals surface area contributed by atoms with Crippen LogP contribution in [0.5, 0.6) is 0 Å². The molecule has 0 heterocycles. The zero-order valence-electron chi connectivity index (χ0n) is 14.1. The Morgan fingerprint density at radius 3 is 2.48 bits per heavy atom. The topological polar surface area (TPSA) is 58.2 Å². The standard InChI is InChI=1S/C20H21BrN2O2/c1-14(18(24)22-13-15-6-3-2-4-7-15)23-19(25)20(10-11-20)16-8-5-9-17(21)12-16/h2-9,12,14H,10-11,13H2,1H3,(H,22,24)(H,23,25). The summed E-state index contributed by atoms with van der Waals surface area (Å²) in [7, 11) is 0. The van der Waals surface area contributed by atoms with Crippen LogP contribution in [0.3, 0.4) is 0 Å². The Morgan fingerprint density at radius 2 is 1.84 bits per heavy atom. The van der Waals surface area contributed by atoms with Crippen molar-refractivity contribution >= 4 is 27.7 Å². The summed E-state index contributed by atoms with van der Waals surface area (Å²) in [5, 5.41) is 5.73. The molecule has 0 aliphatic heterocycles. The van der Waals surface area contributed by atoms with Gasteiger partial charge in [-0.1, -0.05) is 58.4 Å². The Hall–Kier alpha value is -2.14. The molecular formula is C20H21BrN2O2. The largest absolute Gasteiger partial charge is 0.350 e. The van der Waals surface area contributed by atoms with Crippen molar-refractivity contribution in [1.29, 1.82) is 0 Å². The van der Waals surface area contributed by atoms with Gasteiger partial charge in [-0.3, -0.25) is 9.59 Å². The van der Waals surface area contributed by atoms with Gasteiger partial charge in [-0.25, -0.2) is 0 Å². The molecule has 2 N–H and O–H groups in total. The van der Waals surface area contributed by atoms with E-state index in [1.165, 1.54) is 0 Å². The lowest BCUT2D eigenvalue weighted by Gasteiger charge is -2.20. The van der Waals surface area contributed by atoms with Gasteiger partial charge in [0.05, 0.1) is 5.41 Å². The first-order valence-corrected chi connectivity index (χ1v) is 9.19. The van der Waals surface area contributed by atoms with Gasteiger partial charge in [0.15, 0.2) is 0 Å². The van der Waals surface area contributed by atoms with Crippen molar-refractivity contribution in [3.05, 3.63) is 70.2 Å². The van der Waals surface area contributed by atoms with E-state index in [0.717, 1.165) is 28.4 Å². The molecule has 5 heteroatoms. The summed E-state index contributed by atoms with van der Waals surface area (Å²) in [6, 6.07) is 17.0. The van der Waals surface area contributed by atoms with E-state index >= 15 is 0 Å². The van der Waals surface area contributed by atoms with E-state index in [0.29, 0.717) is 6.54 Å². The molecule has 0 saturated heterocycles.